The Hall–Kier alpha value is -1.14. The number of carboxylic acids is 1. The Morgan fingerprint density at radius 1 is 1.47 bits per heavy atom. The summed E-state index contributed by atoms with van der Waals surface area (Å²) in [6, 6.07) is -0.844. The minimum absolute atomic E-state index is 0.0943. The summed E-state index contributed by atoms with van der Waals surface area (Å²) in [5, 5.41) is 20.8. The van der Waals surface area contributed by atoms with Crippen molar-refractivity contribution in [1.29, 1.82) is 0 Å². The van der Waals surface area contributed by atoms with E-state index in [4.69, 9.17) is 10.8 Å². The van der Waals surface area contributed by atoms with Crippen molar-refractivity contribution in [3.05, 3.63) is 0 Å². The second-order valence-electron chi connectivity index (χ2n) is 4.50. The van der Waals surface area contributed by atoms with Crippen molar-refractivity contribution in [2.75, 3.05) is 6.54 Å². The topological polar surface area (TPSA) is 113 Å². The molecule has 0 spiro atoms. The lowest BCUT2D eigenvalue weighted by Gasteiger charge is -2.23. The highest BCUT2D eigenvalue weighted by Gasteiger charge is 2.22. The highest BCUT2D eigenvalue weighted by atomic mass is 16.4. The molecule has 0 heterocycles. The Balaban J connectivity index is 3.96. The van der Waals surface area contributed by atoms with Crippen molar-refractivity contribution >= 4 is 11.9 Å². The van der Waals surface area contributed by atoms with E-state index >= 15 is 0 Å². The van der Waals surface area contributed by atoms with Gasteiger partial charge in [0, 0.05) is 13.0 Å². The van der Waals surface area contributed by atoms with Crippen molar-refractivity contribution in [3.63, 3.8) is 0 Å². The fourth-order valence-electron chi connectivity index (χ4n) is 1.45. The third kappa shape index (κ3) is 7.70. The van der Waals surface area contributed by atoms with E-state index in [-0.39, 0.29) is 19.4 Å². The van der Waals surface area contributed by atoms with Crippen molar-refractivity contribution in [2.45, 2.75) is 51.2 Å². The van der Waals surface area contributed by atoms with Crippen LogP contribution < -0.4 is 11.1 Å². The van der Waals surface area contributed by atoms with Crippen LogP contribution in [0.2, 0.25) is 0 Å². The van der Waals surface area contributed by atoms with Gasteiger partial charge in [-0.05, 0) is 19.8 Å². The monoisotopic (exact) mass is 246 g/mol. The first kappa shape index (κ1) is 15.9. The second kappa shape index (κ2) is 7.24. The Bertz CT molecular complexity index is 266. The number of aliphatic hydroxyl groups is 1. The molecule has 0 bridgehead atoms. The maximum atomic E-state index is 11.5. The van der Waals surface area contributed by atoms with E-state index in [2.05, 4.69) is 5.32 Å². The fourth-order valence-corrected chi connectivity index (χ4v) is 1.45. The lowest BCUT2D eigenvalue weighted by Crippen LogP contribution is -2.47. The average Bonchev–Trinajstić information content (AvgIpc) is 2.22. The summed E-state index contributed by atoms with van der Waals surface area (Å²) in [6.07, 6.45) is 1.35. The molecular weight excluding hydrogens is 224 g/mol. The zero-order valence-corrected chi connectivity index (χ0v) is 10.4. The molecule has 2 unspecified atom stereocenters. The molecule has 0 radical (unpaired) electrons. The zero-order chi connectivity index (χ0) is 13.5. The van der Waals surface area contributed by atoms with Crippen LogP contribution in [0.5, 0.6) is 0 Å². The van der Waals surface area contributed by atoms with Gasteiger partial charge in [-0.2, -0.15) is 0 Å². The molecule has 0 aliphatic heterocycles. The number of rotatable bonds is 8. The van der Waals surface area contributed by atoms with Crippen LogP contribution >= 0.6 is 0 Å². The van der Waals surface area contributed by atoms with Gasteiger partial charge in [0.25, 0.3) is 0 Å². The van der Waals surface area contributed by atoms with E-state index in [9.17, 15) is 14.7 Å². The first-order valence-corrected chi connectivity index (χ1v) is 5.76. The summed E-state index contributed by atoms with van der Waals surface area (Å²) >= 11 is 0. The van der Waals surface area contributed by atoms with E-state index in [1.165, 1.54) is 0 Å². The molecule has 5 N–H and O–H groups in total. The molecule has 17 heavy (non-hydrogen) atoms. The van der Waals surface area contributed by atoms with Gasteiger partial charge in [0.05, 0.1) is 11.6 Å². The molecule has 0 saturated heterocycles. The Morgan fingerprint density at radius 2 is 2.06 bits per heavy atom. The van der Waals surface area contributed by atoms with Gasteiger partial charge in [-0.15, -0.1) is 0 Å². The molecule has 0 aromatic heterocycles. The number of aliphatic carboxylic acids is 1. The van der Waals surface area contributed by atoms with E-state index in [0.717, 1.165) is 6.42 Å². The summed E-state index contributed by atoms with van der Waals surface area (Å²) in [5.41, 5.74) is 4.56. The molecular formula is C11H22N2O4. The molecule has 0 fully saturated rings. The molecule has 0 aliphatic rings. The highest BCUT2D eigenvalue weighted by Crippen LogP contribution is 2.10. The van der Waals surface area contributed by atoms with Crippen LogP contribution in [0.15, 0.2) is 0 Å². The van der Waals surface area contributed by atoms with Crippen LogP contribution in [0.4, 0.5) is 0 Å². The maximum Gasteiger partial charge on any atom is 0.303 e. The molecule has 100 valence electrons. The second-order valence-corrected chi connectivity index (χ2v) is 4.50. The lowest BCUT2D eigenvalue weighted by molar-refractivity contribution is -0.137. The normalized spacial score (nSPS) is 16.0. The summed E-state index contributed by atoms with van der Waals surface area (Å²) in [4.78, 5) is 21.8. The Labute approximate surface area is 101 Å². The first-order chi connectivity index (χ1) is 7.78. The van der Waals surface area contributed by atoms with Gasteiger partial charge in [0.2, 0.25) is 5.91 Å². The number of nitrogens with two attached hydrogens (primary N) is 1. The van der Waals surface area contributed by atoms with Crippen molar-refractivity contribution in [1.82, 2.24) is 5.32 Å². The molecule has 0 rings (SSSR count). The third-order valence-corrected chi connectivity index (χ3v) is 2.44. The number of nitrogens with one attached hydrogen (secondary N) is 1. The summed E-state index contributed by atoms with van der Waals surface area (Å²) in [5.74, 6) is -1.41. The lowest BCUT2D eigenvalue weighted by atomic mass is 10.0. The first-order valence-electron chi connectivity index (χ1n) is 5.76. The average molecular weight is 246 g/mol. The van der Waals surface area contributed by atoms with Gasteiger partial charge in [-0.3, -0.25) is 9.59 Å². The van der Waals surface area contributed by atoms with Gasteiger partial charge in [0.15, 0.2) is 0 Å². The van der Waals surface area contributed by atoms with Gasteiger partial charge in [-0.25, -0.2) is 0 Å². The summed E-state index contributed by atoms with van der Waals surface area (Å²) in [6.45, 7) is 3.70. The van der Waals surface area contributed by atoms with E-state index in [0.29, 0.717) is 6.42 Å². The number of carbonyl (C=O) groups excluding carboxylic acids is 1. The zero-order valence-electron chi connectivity index (χ0n) is 10.4. The van der Waals surface area contributed by atoms with Crippen molar-refractivity contribution in [2.24, 2.45) is 5.73 Å². The van der Waals surface area contributed by atoms with Crippen LogP contribution in [-0.4, -0.2) is 40.3 Å². The number of carbonyl (C=O) groups is 2. The molecule has 0 saturated carbocycles. The number of hydrogen-bond donors (Lipinski definition) is 4. The molecule has 1 amide bonds. The van der Waals surface area contributed by atoms with Crippen LogP contribution in [0, 0.1) is 0 Å². The van der Waals surface area contributed by atoms with E-state index < -0.39 is 23.5 Å². The highest BCUT2D eigenvalue weighted by molar-refractivity contribution is 5.82. The third-order valence-electron chi connectivity index (χ3n) is 2.44. The number of carboxylic acid groups (broad SMARTS) is 1. The summed E-state index contributed by atoms with van der Waals surface area (Å²) < 4.78 is 0. The summed E-state index contributed by atoms with van der Waals surface area (Å²) in [7, 11) is 0. The van der Waals surface area contributed by atoms with Crippen LogP contribution in [-0.2, 0) is 9.59 Å². The fraction of sp³-hybridized carbons (Fsp3) is 0.818. The van der Waals surface area contributed by atoms with E-state index in [1.54, 1.807) is 6.92 Å². The smallest absolute Gasteiger partial charge is 0.303 e. The number of hydrogen-bond acceptors (Lipinski definition) is 4. The van der Waals surface area contributed by atoms with Crippen LogP contribution in [0.1, 0.15) is 39.5 Å². The molecule has 0 aromatic carbocycles. The maximum absolute atomic E-state index is 11.5. The van der Waals surface area contributed by atoms with Crippen LogP contribution in [0.3, 0.4) is 0 Å². The van der Waals surface area contributed by atoms with Gasteiger partial charge < -0.3 is 21.3 Å². The molecule has 0 aliphatic carbocycles. The minimum Gasteiger partial charge on any atom is -0.481 e. The van der Waals surface area contributed by atoms with E-state index in [1.807, 2.05) is 6.92 Å². The van der Waals surface area contributed by atoms with Crippen molar-refractivity contribution < 1.29 is 19.8 Å². The molecule has 0 aromatic rings. The predicted octanol–water partition coefficient (Wildman–Crippen LogP) is -0.154. The quantitative estimate of drug-likeness (QED) is 0.475. The number of amides is 1. The molecule has 6 nitrogen and oxygen atoms in total. The van der Waals surface area contributed by atoms with Crippen molar-refractivity contribution in [3.8, 4) is 0 Å². The molecule has 2 atom stereocenters. The van der Waals surface area contributed by atoms with Gasteiger partial charge in [0.1, 0.15) is 0 Å². The minimum atomic E-state index is -0.980. The standard InChI is InChI=1S/C11H22N2O4/c1-3-6-11(2,17)7-13-10(16)8(12)4-5-9(14)15/h8,17H,3-7,12H2,1-2H3,(H,13,16)(H,14,15). The largest absolute Gasteiger partial charge is 0.481 e. The van der Waals surface area contributed by atoms with Gasteiger partial charge in [-0.1, -0.05) is 13.3 Å². The SMILES string of the molecule is CCCC(C)(O)CNC(=O)C(N)CCC(=O)O. The predicted molar refractivity (Wildman–Crippen MR) is 63.4 cm³/mol. The molecule has 6 heteroatoms. The Kier molecular flexibility index (Phi) is 6.75. The van der Waals surface area contributed by atoms with Crippen LogP contribution in [0.25, 0.3) is 0 Å². The van der Waals surface area contributed by atoms with Gasteiger partial charge >= 0.3 is 5.97 Å². The Morgan fingerprint density at radius 3 is 2.53 bits per heavy atom.